The van der Waals surface area contributed by atoms with E-state index in [0.717, 1.165) is 99.7 Å². The number of hydrogen-bond acceptors (Lipinski definition) is 2. The summed E-state index contributed by atoms with van der Waals surface area (Å²) in [5, 5.41) is 3.29. The number of unbranched alkanes of at least 4 members (excludes halogenated alkanes) is 2. The van der Waals surface area contributed by atoms with E-state index in [4.69, 9.17) is 4.74 Å². The van der Waals surface area contributed by atoms with Gasteiger partial charge in [-0.3, -0.25) is 0 Å². The van der Waals surface area contributed by atoms with E-state index in [0.29, 0.717) is 5.57 Å². The van der Waals surface area contributed by atoms with Crippen molar-refractivity contribution in [1.82, 2.24) is 14.1 Å². The number of nitrogens with zero attached hydrogens (tertiary/aromatic N) is 2. The summed E-state index contributed by atoms with van der Waals surface area (Å²) >= 11 is 0. The van der Waals surface area contributed by atoms with E-state index in [1.807, 2.05) is 6.07 Å². The lowest BCUT2D eigenvalue weighted by Gasteiger charge is -2.29. The summed E-state index contributed by atoms with van der Waals surface area (Å²) in [5.41, 5.74) is 9.20. The van der Waals surface area contributed by atoms with Crippen LogP contribution in [0.5, 0.6) is 0 Å². The van der Waals surface area contributed by atoms with Crippen LogP contribution in [0.2, 0.25) is 0 Å². The van der Waals surface area contributed by atoms with Gasteiger partial charge < -0.3 is 18.9 Å². The number of cyclic esters (lactones) is 1. The number of para-hydroxylation sites is 3. The molecule has 5 nitrogen and oxygen atoms in total. The Labute approximate surface area is 259 Å². The fourth-order valence-corrected chi connectivity index (χ4v) is 7.67. The molecule has 1 unspecified atom stereocenters. The molecular weight excluding hydrogens is 542 g/mol. The second kappa shape index (κ2) is 10.9. The molecule has 1 N–H and O–H groups in total. The third-order valence-corrected chi connectivity index (χ3v) is 9.66. The molecule has 1 aliphatic rings. The number of carbonyl (C=O) groups is 1. The monoisotopic (exact) mass is 583 g/mol. The lowest BCUT2D eigenvalue weighted by Crippen LogP contribution is -2.29. The lowest BCUT2D eigenvalue weighted by molar-refractivity contribution is -0.142. The van der Waals surface area contributed by atoms with Crippen molar-refractivity contribution in [3.05, 3.63) is 113 Å². The third-order valence-electron chi connectivity index (χ3n) is 9.66. The van der Waals surface area contributed by atoms with Crippen LogP contribution in [0, 0.1) is 20.8 Å². The first-order valence-corrected chi connectivity index (χ1v) is 16.1. The van der Waals surface area contributed by atoms with Gasteiger partial charge in [0.25, 0.3) is 0 Å². The maximum atomic E-state index is 14.4. The number of esters is 1. The molecule has 224 valence electrons. The van der Waals surface area contributed by atoms with Crippen LogP contribution in [0.25, 0.3) is 38.3 Å². The van der Waals surface area contributed by atoms with Gasteiger partial charge in [0.1, 0.15) is 0 Å². The van der Waals surface area contributed by atoms with E-state index < -0.39 is 5.60 Å². The predicted octanol–water partition coefficient (Wildman–Crippen LogP) is 9.49. The minimum absolute atomic E-state index is 0.277. The zero-order valence-electron chi connectivity index (χ0n) is 26.5. The topological polar surface area (TPSA) is 51.9 Å². The highest BCUT2D eigenvalue weighted by atomic mass is 16.6. The van der Waals surface area contributed by atoms with Crippen molar-refractivity contribution < 1.29 is 9.53 Å². The SMILES string of the molecule is CCCCn1c(C)c(C2=CC(c3c(C)[nH]c4ccccc34)(c3c(C)n(CCCC)c4ccccc34)OC2=O)c2ccccc21. The van der Waals surface area contributed by atoms with Crippen LogP contribution in [0.4, 0.5) is 0 Å². The summed E-state index contributed by atoms with van der Waals surface area (Å²) in [7, 11) is 0. The molecule has 0 bridgehead atoms. The second-order valence-corrected chi connectivity index (χ2v) is 12.3. The van der Waals surface area contributed by atoms with E-state index >= 15 is 0 Å². The van der Waals surface area contributed by atoms with Crippen LogP contribution >= 0.6 is 0 Å². The fourth-order valence-electron chi connectivity index (χ4n) is 7.67. The highest BCUT2D eigenvalue weighted by molar-refractivity contribution is 6.23. The number of aryl methyl sites for hydroxylation is 3. The number of fused-ring (bicyclic) bond motifs is 3. The number of hydrogen-bond donors (Lipinski definition) is 1. The Kier molecular flexibility index (Phi) is 7.00. The molecule has 0 aliphatic carbocycles. The largest absolute Gasteiger partial charge is 0.441 e. The van der Waals surface area contributed by atoms with Gasteiger partial charge in [-0.05, 0) is 57.9 Å². The van der Waals surface area contributed by atoms with Crippen LogP contribution < -0.4 is 0 Å². The first kappa shape index (κ1) is 28.3. The number of aromatic nitrogens is 3. The summed E-state index contributed by atoms with van der Waals surface area (Å²) < 4.78 is 11.7. The molecule has 3 aromatic carbocycles. The average Bonchev–Trinajstić information content (AvgIpc) is 3.71. The zero-order valence-corrected chi connectivity index (χ0v) is 26.5. The number of aromatic amines is 1. The first-order chi connectivity index (χ1) is 21.4. The van der Waals surface area contributed by atoms with Crippen molar-refractivity contribution in [3.63, 3.8) is 0 Å². The maximum Gasteiger partial charge on any atom is 0.340 e. The van der Waals surface area contributed by atoms with Crippen molar-refractivity contribution in [1.29, 1.82) is 0 Å². The van der Waals surface area contributed by atoms with Crippen LogP contribution in [0.15, 0.2) is 78.9 Å². The minimum atomic E-state index is -1.10. The van der Waals surface area contributed by atoms with Crippen molar-refractivity contribution in [2.45, 2.75) is 79.0 Å². The van der Waals surface area contributed by atoms with Gasteiger partial charge in [0.2, 0.25) is 0 Å². The van der Waals surface area contributed by atoms with Crippen LogP contribution in [0.1, 0.15) is 73.3 Å². The summed E-state index contributed by atoms with van der Waals surface area (Å²) in [4.78, 5) is 18.0. The molecule has 5 heteroatoms. The van der Waals surface area contributed by atoms with Gasteiger partial charge in [-0.1, -0.05) is 81.3 Å². The number of ether oxygens (including phenoxy) is 1. The van der Waals surface area contributed by atoms with E-state index in [1.165, 1.54) is 5.52 Å². The molecule has 6 aromatic rings. The molecule has 0 radical (unpaired) electrons. The summed E-state index contributed by atoms with van der Waals surface area (Å²) in [6.45, 7) is 12.7. The Morgan fingerprint density at radius 2 is 1.27 bits per heavy atom. The van der Waals surface area contributed by atoms with E-state index in [9.17, 15) is 4.79 Å². The minimum Gasteiger partial charge on any atom is -0.441 e. The van der Waals surface area contributed by atoms with Crippen LogP contribution in [0.3, 0.4) is 0 Å². The van der Waals surface area contributed by atoms with Gasteiger partial charge in [0.15, 0.2) is 5.60 Å². The highest BCUT2D eigenvalue weighted by Crippen LogP contribution is 2.52. The van der Waals surface area contributed by atoms with Crippen LogP contribution in [-0.4, -0.2) is 20.1 Å². The van der Waals surface area contributed by atoms with Crippen molar-refractivity contribution in [2.24, 2.45) is 0 Å². The molecule has 1 atom stereocenters. The maximum absolute atomic E-state index is 14.4. The Balaban J connectivity index is 1.58. The molecule has 4 heterocycles. The van der Waals surface area contributed by atoms with Crippen molar-refractivity contribution >= 4 is 44.3 Å². The summed E-state index contributed by atoms with van der Waals surface area (Å²) in [5.74, 6) is -0.277. The van der Waals surface area contributed by atoms with Gasteiger partial charge in [0, 0.05) is 79.6 Å². The van der Waals surface area contributed by atoms with E-state index in [-0.39, 0.29) is 5.97 Å². The Morgan fingerprint density at radius 1 is 0.705 bits per heavy atom. The smallest absolute Gasteiger partial charge is 0.340 e. The molecule has 0 saturated carbocycles. The van der Waals surface area contributed by atoms with Gasteiger partial charge in [-0.15, -0.1) is 0 Å². The Hall–Kier alpha value is -4.51. The Morgan fingerprint density at radius 3 is 1.95 bits per heavy atom. The Bertz CT molecular complexity index is 2090. The molecule has 0 spiro atoms. The molecule has 0 saturated heterocycles. The summed E-state index contributed by atoms with van der Waals surface area (Å²) in [6, 6.07) is 25.4. The third kappa shape index (κ3) is 4.09. The standard InChI is InChI=1S/C39H41N3O2/c1-6-8-22-41-26(4)35(29-17-11-14-20-33(29)41)31-24-39(44-38(31)43,36-25(3)40-32-19-13-10-16-28(32)36)37-27(5)42(23-9-7-2)34-21-15-12-18-30(34)37/h10-21,24,40H,6-9,22-23H2,1-5H3. The number of nitrogens with one attached hydrogen (secondary N) is 1. The molecular formula is C39H41N3O2. The number of rotatable bonds is 9. The van der Waals surface area contributed by atoms with E-state index in [1.54, 1.807) is 0 Å². The molecule has 0 fully saturated rings. The van der Waals surface area contributed by atoms with Gasteiger partial charge in [-0.25, -0.2) is 4.79 Å². The predicted molar refractivity (Wildman–Crippen MR) is 181 cm³/mol. The lowest BCUT2D eigenvalue weighted by atomic mass is 9.81. The molecule has 3 aromatic heterocycles. The van der Waals surface area contributed by atoms with Crippen molar-refractivity contribution in [2.75, 3.05) is 0 Å². The first-order valence-electron chi connectivity index (χ1n) is 16.1. The number of benzene rings is 3. The van der Waals surface area contributed by atoms with Gasteiger partial charge in [-0.2, -0.15) is 0 Å². The zero-order chi connectivity index (χ0) is 30.6. The summed E-state index contributed by atoms with van der Waals surface area (Å²) in [6.07, 6.45) is 6.52. The number of carbonyl (C=O) groups excluding carboxylic acids is 1. The quantitative estimate of drug-likeness (QED) is 0.172. The second-order valence-electron chi connectivity index (χ2n) is 12.3. The van der Waals surface area contributed by atoms with Gasteiger partial charge >= 0.3 is 5.97 Å². The molecule has 1 aliphatic heterocycles. The molecule has 7 rings (SSSR count). The van der Waals surface area contributed by atoms with Crippen molar-refractivity contribution in [3.8, 4) is 0 Å². The van der Waals surface area contributed by atoms with Crippen LogP contribution in [-0.2, 0) is 28.2 Å². The van der Waals surface area contributed by atoms with E-state index in [2.05, 4.69) is 122 Å². The normalized spacial score (nSPS) is 16.8. The number of H-pyrrole nitrogens is 1. The average molecular weight is 584 g/mol. The highest BCUT2D eigenvalue weighted by Gasteiger charge is 2.49. The van der Waals surface area contributed by atoms with Gasteiger partial charge in [0.05, 0.1) is 5.57 Å². The molecule has 44 heavy (non-hydrogen) atoms. The fraction of sp³-hybridized carbons (Fsp3) is 0.308. The molecule has 0 amide bonds.